The quantitative estimate of drug-likeness (QED) is 0.841. The summed E-state index contributed by atoms with van der Waals surface area (Å²) in [6.45, 7) is -0.256. The van der Waals surface area contributed by atoms with Crippen LogP contribution in [0.2, 0.25) is 0 Å². The smallest absolute Gasteiger partial charge is 0.175 e. The van der Waals surface area contributed by atoms with Gasteiger partial charge in [0.25, 0.3) is 0 Å². The van der Waals surface area contributed by atoms with Crippen molar-refractivity contribution in [3.8, 4) is 11.1 Å². The molecule has 0 spiro atoms. The Morgan fingerprint density at radius 3 is 2.23 bits per heavy atom. The average molecular weight is 376 g/mol. The summed E-state index contributed by atoms with van der Waals surface area (Å²) in [6, 6.07) is 10.8. The van der Waals surface area contributed by atoms with Crippen LogP contribution in [0.25, 0.3) is 16.7 Å². The fraction of sp³-hybridized carbons (Fsp3) is 0.300. The van der Waals surface area contributed by atoms with E-state index in [1.807, 2.05) is 6.08 Å². The molecular formula is C20H21FO4S. The number of allylic oxidation sites excluding steroid dienone is 2. The van der Waals surface area contributed by atoms with E-state index in [9.17, 15) is 23.0 Å². The molecule has 6 heteroatoms. The van der Waals surface area contributed by atoms with Gasteiger partial charge in [-0.2, -0.15) is 0 Å². The highest BCUT2D eigenvalue weighted by Crippen LogP contribution is 2.44. The molecule has 4 nitrogen and oxygen atoms in total. The summed E-state index contributed by atoms with van der Waals surface area (Å²) < 4.78 is 37.2. The summed E-state index contributed by atoms with van der Waals surface area (Å²) in [6.07, 6.45) is 4.15. The second kappa shape index (κ2) is 6.95. The summed E-state index contributed by atoms with van der Waals surface area (Å²) >= 11 is 0. The molecule has 2 aromatic rings. The Morgan fingerprint density at radius 1 is 1.04 bits per heavy atom. The van der Waals surface area contributed by atoms with Gasteiger partial charge < -0.3 is 10.2 Å². The zero-order valence-corrected chi connectivity index (χ0v) is 15.3. The van der Waals surface area contributed by atoms with Crippen LogP contribution in [-0.4, -0.2) is 38.1 Å². The van der Waals surface area contributed by atoms with Crippen molar-refractivity contribution in [2.75, 3.05) is 19.5 Å². The van der Waals surface area contributed by atoms with E-state index in [1.54, 1.807) is 30.3 Å². The number of rotatable bonds is 5. The monoisotopic (exact) mass is 376 g/mol. The predicted octanol–water partition coefficient (Wildman–Crippen LogP) is 3.04. The van der Waals surface area contributed by atoms with Crippen LogP contribution in [0, 0.1) is 11.2 Å². The highest BCUT2D eigenvalue weighted by atomic mass is 32.2. The van der Waals surface area contributed by atoms with E-state index in [0.29, 0.717) is 24.0 Å². The summed E-state index contributed by atoms with van der Waals surface area (Å²) in [5.41, 5.74) is 2.56. The van der Waals surface area contributed by atoms with Crippen LogP contribution in [0.5, 0.6) is 0 Å². The first-order valence-electron chi connectivity index (χ1n) is 8.29. The molecular weight excluding hydrogens is 355 g/mol. The Morgan fingerprint density at radius 2 is 1.69 bits per heavy atom. The van der Waals surface area contributed by atoms with Crippen molar-refractivity contribution < 1.29 is 23.0 Å². The molecule has 3 rings (SSSR count). The number of sulfone groups is 1. The lowest BCUT2D eigenvalue weighted by molar-refractivity contribution is 0.0666. The third-order valence-corrected chi connectivity index (χ3v) is 6.05. The van der Waals surface area contributed by atoms with E-state index in [-0.39, 0.29) is 23.9 Å². The van der Waals surface area contributed by atoms with Gasteiger partial charge in [-0.05, 0) is 59.4 Å². The summed E-state index contributed by atoms with van der Waals surface area (Å²) in [5.74, 6) is -0.366. The molecule has 0 fully saturated rings. The topological polar surface area (TPSA) is 74.6 Å². The number of aliphatic hydroxyl groups excluding tert-OH is 2. The molecule has 0 bridgehead atoms. The lowest BCUT2D eigenvalue weighted by Gasteiger charge is -2.24. The minimum absolute atomic E-state index is 0.128. The van der Waals surface area contributed by atoms with Crippen LogP contribution in [0.15, 0.2) is 53.4 Å². The number of aliphatic hydroxyl groups is 2. The summed E-state index contributed by atoms with van der Waals surface area (Å²) in [7, 11) is -3.39. The Bertz CT molecular complexity index is 942. The fourth-order valence-electron chi connectivity index (χ4n) is 3.29. The minimum atomic E-state index is -3.39. The summed E-state index contributed by atoms with van der Waals surface area (Å²) in [4.78, 5) is 0.190. The van der Waals surface area contributed by atoms with E-state index in [1.165, 1.54) is 12.1 Å². The molecule has 0 unspecified atom stereocenters. The average Bonchev–Trinajstić information content (AvgIpc) is 3.06. The van der Waals surface area contributed by atoms with E-state index in [4.69, 9.17) is 0 Å². The van der Waals surface area contributed by atoms with Crippen molar-refractivity contribution >= 4 is 15.4 Å². The third-order valence-electron chi connectivity index (χ3n) is 4.94. The van der Waals surface area contributed by atoms with E-state index < -0.39 is 15.3 Å². The number of benzene rings is 2. The Balaban J connectivity index is 2.12. The molecule has 0 amide bonds. The number of hydrogen-bond acceptors (Lipinski definition) is 4. The zero-order valence-electron chi connectivity index (χ0n) is 14.4. The Hall–Kier alpha value is -2.02. The maximum absolute atomic E-state index is 13.3. The molecule has 0 saturated carbocycles. The van der Waals surface area contributed by atoms with Crippen molar-refractivity contribution in [2.24, 2.45) is 5.41 Å². The standard InChI is InChI=1S/C20H21FO4S/c1-26(24,25)17-6-7-18(15-8-9-20(11-15,12-22)13-23)19(10-17)14-2-4-16(21)5-3-14/h2-8,10,22-23H,9,11-13H2,1H3. The molecule has 26 heavy (non-hydrogen) atoms. The molecule has 1 aliphatic carbocycles. The third kappa shape index (κ3) is 3.58. The largest absolute Gasteiger partial charge is 0.396 e. The van der Waals surface area contributed by atoms with Crippen molar-refractivity contribution in [2.45, 2.75) is 17.7 Å². The van der Waals surface area contributed by atoms with Gasteiger partial charge in [-0.25, -0.2) is 12.8 Å². The van der Waals surface area contributed by atoms with E-state index >= 15 is 0 Å². The molecule has 0 aliphatic heterocycles. The van der Waals surface area contributed by atoms with E-state index in [0.717, 1.165) is 17.4 Å². The first kappa shape index (κ1) is 18.8. The minimum Gasteiger partial charge on any atom is -0.396 e. The molecule has 0 atom stereocenters. The predicted molar refractivity (Wildman–Crippen MR) is 98.8 cm³/mol. The van der Waals surface area contributed by atoms with Gasteiger partial charge in [-0.3, -0.25) is 0 Å². The van der Waals surface area contributed by atoms with Crippen LogP contribution in [0.4, 0.5) is 4.39 Å². The van der Waals surface area contributed by atoms with Crippen LogP contribution in [0.3, 0.4) is 0 Å². The fourth-order valence-corrected chi connectivity index (χ4v) is 3.93. The maximum atomic E-state index is 13.3. The van der Waals surface area contributed by atoms with Gasteiger partial charge >= 0.3 is 0 Å². The molecule has 2 aromatic carbocycles. The van der Waals surface area contributed by atoms with Gasteiger partial charge in [0.05, 0.1) is 18.1 Å². The molecule has 0 aromatic heterocycles. The van der Waals surface area contributed by atoms with Crippen LogP contribution in [0.1, 0.15) is 18.4 Å². The molecule has 0 heterocycles. The molecule has 2 N–H and O–H groups in total. The van der Waals surface area contributed by atoms with Crippen LogP contribution < -0.4 is 0 Å². The van der Waals surface area contributed by atoms with E-state index in [2.05, 4.69) is 0 Å². The SMILES string of the molecule is CS(=O)(=O)c1ccc(C2=CCC(CO)(CO)C2)c(-c2ccc(F)cc2)c1. The molecule has 0 saturated heterocycles. The van der Waals surface area contributed by atoms with Crippen LogP contribution in [-0.2, 0) is 9.84 Å². The molecule has 138 valence electrons. The number of hydrogen-bond donors (Lipinski definition) is 2. The van der Waals surface area contributed by atoms with Crippen molar-refractivity contribution in [1.82, 2.24) is 0 Å². The second-order valence-electron chi connectivity index (χ2n) is 6.91. The Kier molecular flexibility index (Phi) is 5.01. The summed E-state index contributed by atoms with van der Waals surface area (Å²) in [5, 5.41) is 19.3. The highest BCUT2D eigenvalue weighted by molar-refractivity contribution is 7.90. The van der Waals surface area contributed by atoms with Crippen molar-refractivity contribution in [3.63, 3.8) is 0 Å². The lowest BCUT2D eigenvalue weighted by atomic mass is 9.84. The van der Waals surface area contributed by atoms with Gasteiger partial charge in [0.2, 0.25) is 0 Å². The van der Waals surface area contributed by atoms with Gasteiger partial charge in [0.15, 0.2) is 9.84 Å². The lowest BCUT2D eigenvalue weighted by Crippen LogP contribution is -2.26. The first-order valence-corrected chi connectivity index (χ1v) is 10.2. The van der Waals surface area contributed by atoms with Crippen molar-refractivity contribution in [1.29, 1.82) is 0 Å². The highest BCUT2D eigenvalue weighted by Gasteiger charge is 2.34. The zero-order chi connectivity index (χ0) is 18.9. The van der Waals surface area contributed by atoms with Gasteiger partial charge in [0, 0.05) is 11.7 Å². The van der Waals surface area contributed by atoms with Crippen molar-refractivity contribution in [3.05, 3.63) is 59.9 Å². The molecule has 1 aliphatic rings. The van der Waals surface area contributed by atoms with Gasteiger partial charge in [-0.1, -0.05) is 24.3 Å². The van der Waals surface area contributed by atoms with Gasteiger partial charge in [0.1, 0.15) is 5.82 Å². The normalized spacial score (nSPS) is 16.5. The maximum Gasteiger partial charge on any atom is 0.175 e. The first-order chi connectivity index (χ1) is 12.3. The van der Waals surface area contributed by atoms with Gasteiger partial charge in [-0.15, -0.1) is 0 Å². The second-order valence-corrected chi connectivity index (χ2v) is 8.93. The van der Waals surface area contributed by atoms with Crippen LogP contribution >= 0.6 is 0 Å². The molecule has 0 radical (unpaired) electrons. The Labute approximate surface area is 152 Å². The number of halogens is 1.